The molecule has 1 saturated heterocycles. The predicted molar refractivity (Wildman–Crippen MR) is 87.5 cm³/mol. The van der Waals surface area contributed by atoms with Gasteiger partial charge < -0.3 is 9.32 Å². The van der Waals surface area contributed by atoms with Gasteiger partial charge in [0.25, 0.3) is 5.91 Å². The van der Waals surface area contributed by atoms with Crippen LogP contribution in [0.2, 0.25) is 0 Å². The molecule has 3 heterocycles. The van der Waals surface area contributed by atoms with E-state index in [2.05, 4.69) is 17.1 Å². The summed E-state index contributed by atoms with van der Waals surface area (Å²) >= 11 is 0. The number of aromatic nitrogens is 2. The molecule has 23 heavy (non-hydrogen) atoms. The molecular formula is C18H19N3O2. The van der Waals surface area contributed by atoms with Crippen molar-refractivity contribution in [1.82, 2.24) is 15.1 Å². The van der Waals surface area contributed by atoms with Gasteiger partial charge in [-0.2, -0.15) is 5.10 Å². The lowest BCUT2D eigenvalue weighted by Crippen LogP contribution is -2.28. The number of hydrogen-bond acceptors (Lipinski definition) is 3. The van der Waals surface area contributed by atoms with Crippen LogP contribution in [0.3, 0.4) is 0 Å². The summed E-state index contributed by atoms with van der Waals surface area (Å²) in [4.78, 5) is 14.7. The number of rotatable bonds is 2. The zero-order valence-electron chi connectivity index (χ0n) is 13.3. The number of fused-ring (bicyclic) bond motifs is 1. The number of H-pyrrole nitrogens is 1. The van der Waals surface area contributed by atoms with Crippen molar-refractivity contribution in [3.05, 3.63) is 53.0 Å². The Morgan fingerprint density at radius 2 is 2.22 bits per heavy atom. The first-order valence-electron chi connectivity index (χ1n) is 7.91. The largest absolute Gasteiger partial charge is 0.461 e. The number of furan rings is 1. The highest BCUT2D eigenvalue weighted by atomic mass is 16.3. The standard InChI is InChI=1S/C18H19N3O2/c1-11-9-19-20-17(11)14-5-6-21(10-14)18(22)13-3-4-16-15(8-13)7-12(2)23-16/h3-4,7-9,14H,5-6,10H2,1-2H3,(H,19,20). The number of likely N-dealkylation sites (tertiary alicyclic amines) is 1. The third kappa shape index (κ3) is 2.42. The fourth-order valence-corrected chi connectivity index (χ4v) is 3.44. The van der Waals surface area contributed by atoms with Crippen LogP contribution >= 0.6 is 0 Å². The molecule has 1 aliphatic rings. The molecule has 0 aliphatic carbocycles. The Hall–Kier alpha value is -2.56. The summed E-state index contributed by atoms with van der Waals surface area (Å²) < 4.78 is 5.57. The van der Waals surface area contributed by atoms with E-state index in [0.717, 1.165) is 47.5 Å². The van der Waals surface area contributed by atoms with Crippen molar-refractivity contribution >= 4 is 16.9 Å². The van der Waals surface area contributed by atoms with Crippen molar-refractivity contribution < 1.29 is 9.21 Å². The average Bonchev–Trinajstić information content (AvgIpc) is 3.23. The van der Waals surface area contributed by atoms with Gasteiger partial charge in [0.05, 0.1) is 6.20 Å². The molecule has 4 rings (SSSR count). The van der Waals surface area contributed by atoms with Gasteiger partial charge in [-0.3, -0.25) is 9.89 Å². The highest BCUT2D eigenvalue weighted by Gasteiger charge is 2.29. The fraction of sp³-hybridized carbons (Fsp3) is 0.333. The van der Waals surface area contributed by atoms with Crippen LogP contribution in [0, 0.1) is 13.8 Å². The second-order valence-electron chi connectivity index (χ2n) is 6.31. The van der Waals surface area contributed by atoms with Crippen molar-refractivity contribution in [2.75, 3.05) is 13.1 Å². The first-order chi connectivity index (χ1) is 11.1. The number of nitrogens with one attached hydrogen (secondary N) is 1. The highest BCUT2D eigenvalue weighted by molar-refractivity contribution is 5.98. The second-order valence-corrected chi connectivity index (χ2v) is 6.31. The van der Waals surface area contributed by atoms with Gasteiger partial charge in [-0.05, 0) is 50.1 Å². The van der Waals surface area contributed by atoms with E-state index in [1.807, 2.05) is 42.3 Å². The Labute approximate surface area is 134 Å². The number of hydrogen-bond donors (Lipinski definition) is 1. The molecule has 0 spiro atoms. The number of nitrogens with zero attached hydrogens (tertiary/aromatic N) is 2. The molecule has 1 aliphatic heterocycles. The van der Waals surface area contributed by atoms with Crippen LogP contribution in [0.4, 0.5) is 0 Å². The van der Waals surface area contributed by atoms with Gasteiger partial charge in [-0.1, -0.05) is 0 Å². The lowest BCUT2D eigenvalue weighted by molar-refractivity contribution is 0.0791. The smallest absolute Gasteiger partial charge is 0.253 e. The zero-order valence-corrected chi connectivity index (χ0v) is 13.3. The summed E-state index contributed by atoms with van der Waals surface area (Å²) in [5.74, 6) is 1.30. The van der Waals surface area contributed by atoms with Crippen LogP contribution < -0.4 is 0 Å². The molecule has 1 fully saturated rings. The van der Waals surface area contributed by atoms with Crippen molar-refractivity contribution in [2.45, 2.75) is 26.2 Å². The fourth-order valence-electron chi connectivity index (χ4n) is 3.44. The molecule has 1 amide bonds. The molecule has 5 heteroatoms. The average molecular weight is 309 g/mol. The summed E-state index contributed by atoms with van der Waals surface area (Å²) in [6.45, 7) is 5.49. The minimum atomic E-state index is 0.0884. The summed E-state index contributed by atoms with van der Waals surface area (Å²) in [6.07, 6.45) is 2.82. The van der Waals surface area contributed by atoms with Gasteiger partial charge in [-0.15, -0.1) is 0 Å². The van der Waals surface area contributed by atoms with E-state index in [9.17, 15) is 4.79 Å². The third-order valence-electron chi connectivity index (χ3n) is 4.64. The molecular weight excluding hydrogens is 290 g/mol. The van der Waals surface area contributed by atoms with Crippen LogP contribution in [0.15, 0.2) is 34.9 Å². The van der Waals surface area contributed by atoms with Gasteiger partial charge in [0.15, 0.2) is 0 Å². The molecule has 1 aromatic carbocycles. The topological polar surface area (TPSA) is 62.1 Å². The lowest BCUT2D eigenvalue weighted by Gasteiger charge is -2.16. The van der Waals surface area contributed by atoms with Crippen molar-refractivity contribution in [3.63, 3.8) is 0 Å². The molecule has 3 aromatic rings. The van der Waals surface area contributed by atoms with Crippen molar-refractivity contribution in [2.24, 2.45) is 0 Å². The van der Waals surface area contributed by atoms with Crippen molar-refractivity contribution in [3.8, 4) is 0 Å². The molecule has 118 valence electrons. The lowest BCUT2D eigenvalue weighted by atomic mass is 10.0. The Morgan fingerprint density at radius 3 is 3.00 bits per heavy atom. The molecule has 1 unspecified atom stereocenters. The Bertz CT molecular complexity index is 877. The highest BCUT2D eigenvalue weighted by Crippen LogP contribution is 2.29. The molecule has 0 radical (unpaired) electrons. The maximum Gasteiger partial charge on any atom is 0.253 e. The van der Waals surface area contributed by atoms with Crippen LogP contribution in [0.5, 0.6) is 0 Å². The molecule has 1 N–H and O–H groups in total. The number of aromatic amines is 1. The van der Waals surface area contributed by atoms with Crippen LogP contribution in [-0.4, -0.2) is 34.1 Å². The Balaban J connectivity index is 1.55. The maximum atomic E-state index is 12.8. The van der Waals surface area contributed by atoms with Gasteiger partial charge in [0.1, 0.15) is 11.3 Å². The Kier molecular flexibility index (Phi) is 3.22. The first kappa shape index (κ1) is 14.1. The van der Waals surface area contributed by atoms with E-state index in [1.54, 1.807) is 0 Å². The van der Waals surface area contributed by atoms with Gasteiger partial charge in [0.2, 0.25) is 0 Å². The number of amides is 1. The SMILES string of the molecule is Cc1cc2cc(C(=O)N3CCC(c4[nH]ncc4C)C3)ccc2o1. The maximum absolute atomic E-state index is 12.8. The van der Waals surface area contributed by atoms with Gasteiger partial charge in [0, 0.05) is 35.7 Å². The summed E-state index contributed by atoms with van der Waals surface area (Å²) in [5, 5.41) is 8.15. The van der Waals surface area contributed by atoms with Crippen LogP contribution in [0.25, 0.3) is 11.0 Å². The van der Waals surface area contributed by atoms with Gasteiger partial charge in [-0.25, -0.2) is 0 Å². The van der Waals surface area contributed by atoms with Crippen molar-refractivity contribution in [1.29, 1.82) is 0 Å². The van der Waals surface area contributed by atoms with E-state index in [0.29, 0.717) is 5.92 Å². The van der Waals surface area contributed by atoms with E-state index < -0.39 is 0 Å². The summed E-state index contributed by atoms with van der Waals surface area (Å²) in [7, 11) is 0. The van der Waals surface area contributed by atoms with E-state index in [4.69, 9.17) is 4.42 Å². The second kappa shape index (κ2) is 5.26. The minimum Gasteiger partial charge on any atom is -0.461 e. The number of aryl methyl sites for hydroxylation is 2. The molecule has 0 bridgehead atoms. The predicted octanol–water partition coefficient (Wildman–Crippen LogP) is 3.40. The quantitative estimate of drug-likeness (QED) is 0.789. The van der Waals surface area contributed by atoms with E-state index in [-0.39, 0.29) is 5.91 Å². The Morgan fingerprint density at radius 1 is 1.35 bits per heavy atom. The molecule has 0 saturated carbocycles. The first-order valence-corrected chi connectivity index (χ1v) is 7.91. The van der Waals surface area contributed by atoms with E-state index >= 15 is 0 Å². The zero-order chi connectivity index (χ0) is 16.0. The minimum absolute atomic E-state index is 0.0884. The third-order valence-corrected chi connectivity index (χ3v) is 4.64. The molecule has 2 aromatic heterocycles. The van der Waals surface area contributed by atoms with Gasteiger partial charge >= 0.3 is 0 Å². The van der Waals surface area contributed by atoms with E-state index in [1.165, 1.54) is 5.56 Å². The molecule has 5 nitrogen and oxygen atoms in total. The van der Waals surface area contributed by atoms with Crippen LogP contribution in [0.1, 0.15) is 39.7 Å². The summed E-state index contributed by atoms with van der Waals surface area (Å²) in [5.41, 5.74) is 3.87. The number of carbonyl (C=O) groups is 1. The summed E-state index contributed by atoms with van der Waals surface area (Å²) in [6, 6.07) is 7.61. The number of benzene rings is 1. The molecule has 1 atom stereocenters. The monoisotopic (exact) mass is 309 g/mol. The normalized spacial score (nSPS) is 18.0. The number of carbonyl (C=O) groups excluding carboxylic acids is 1. The van der Waals surface area contributed by atoms with Crippen LogP contribution in [-0.2, 0) is 0 Å².